The van der Waals surface area contributed by atoms with Gasteiger partial charge in [0.15, 0.2) is 0 Å². The van der Waals surface area contributed by atoms with E-state index in [1.165, 1.54) is 58.0 Å². The highest BCUT2D eigenvalue weighted by atomic mass is 16.2. The van der Waals surface area contributed by atoms with Gasteiger partial charge in [-0.05, 0) is 51.6 Å². The van der Waals surface area contributed by atoms with Crippen molar-refractivity contribution in [1.82, 2.24) is 15.1 Å². The molecule has 114 valence electrons. The Morgan fingerprint density at radius 3 is 2.30 bits per heavy atom. The second kappa shape index (κ2) is 6.90. The van der Waals surface area contributed by atoms with E-state index in [1.54, 1.807) is 0 Å². The normalized spacial score (nSPS) is 25.9. The minimum Gasteiger partial charge on any atom is -0.343 e. The topological polar surface area (TPSA) is 35.6 Å². The molecule has 0 unspecified atom stereocenters. The molecule has 2 saturated heterocycles. The van der Waals surface area contributed by atoms with E-state index in [9.17, 15) is 4.79 Å². The smallest absolute Gasteiger partial charge is 0.223 e. The maximum Gasteiger partial charge on any atom is 0.223 e. The maximum absolute atomic E-state index is 12.2. The average molecular weight is 279 g/mol. The Morgan fingerprint density at radius 1 is 0.950 bits per heavy atom. The molecule has 0 aromatic rings. The van der Waals surface area contributed by atoms with E-state index in [2.05, 4.69) is 15.1 Å². The summed E-state index contributed by atoms with van der Waals surface area (Å²) >= 11 is 0. The third-order valence-corrected chi connectivity index (χ3v) is 5.07. The Kier molecular flexibility index (Phi) is 4.94. The van der Waals surface area contributed by atoms with Crippen molar-refractivity contribution in [3.63, 3.8) is 0 Å². The van der Waals surface area contributed by atoms with Crippen LogP contribution in [0.25, 0.3) is 0 Å². The van der Waals surface area contributed by atoms with Crippen molar-refractivity contribution in [3.05, 3.63) is 0 Å². The molecule has 0 radical (unpaired) electrons. The molecule has 20 heavy (non-hydrogen) atoms. The molecule has 3 fully saturated rings. The van der Waals surface area contributed by atoms with Gasteiger partial charge in [-0.2, -0.15) is 0 Å². The van der Waals surface area contributed by atoms with Gasteiger partial charge in [-0.25, -0.2) is 0 Å². The Hall–Kier alpha value is -0.610. The van der Waals surface area contributed by atoms with Gasteiger partial charge in [0.2, 0.25) is 5.91 Å². The lowest BCUT2D eigenvalue weighted by molar-refractivity contribution is -0.132. The molecule has 1 saturated carbocycles. The number of hydrogen-bond donors (Lipinski definition) is 1. The van der Waals surface area contributed by atoms with Crippen LogP contribution in [0.4, 0.5) is 0 Å². The molecule has 2 aliphatic heterocycles. The standard InChI is InChI=1S/C16H29N3O/c20-16(6-9-17-14-4-5-14)19-12-7-15(8-13-19)18-10-2-1-3-11-18/h14-15,17H,1-13H2. The third-order valence-electron chi connectivity index (χ3n) is 5.07. The number of nitrogens with one attached hydrogen (secondary N) is 1. The van der Waals surface area contributed by atoms with Crippen LogP contribution in [0.15, 0.2) is 0 Å². The number of amides is 1. The average Bonchev–Trinajstić information content (AvgIpc) is 3.32. The Labute approximate surface area is 122 Å². The van der Waals surface area contributed by atoms with Crippen molar-refractivity contribution in [2.24, 2.45) is 0 Å². The van der Waals surface area contributed by atoms with Gasteiger partial charge in [0.1, 0.15) is 0 Å². The molecule has 4 heteroatoms. The zero-order valence-electron chi connectivity index (χ0n) is 12.6. The zero-order chi connectivity index (χ0) is 13.8. The van der Waals surface area contributed by atoms with Crippen molar-refractivity contribution in [2.75, 3.05) is 32.7 Å². The zero-order valence-corrected chi connectivity index (χ0v) is 12.6. The molecule has 0 atom stereocenters. The Bertz CT molecular complexity index is 316. The fourth-order valence-corrected chi connectivity index (χ4v) is 3.59. The molecule has 2 heterocycles. The molecule has 1 amide bonds. The molecular weight excluding hydrogens is 250 g/mol. The van der Waals surface area contributed by atoms with E-state index >= 15 is 0 Å². The predicted octanol–water partition coefficient (Wildman–Crippen LogP) is 1.61. The van der Waals surface area contributed by atoms with Gasteiger partial charge >= 0.3 is 0 Å². The number of hydrogen-bond acceptors (Lipinski definition) is 3. The van der Waals surface area contributed by atoms with Gasteiger partial charge in [0.05, 0.1) is 0 Å². The van der Waals surface area contributed by atoms with Crippen LogP contribution in [0.2, 0.25) is 0 Å². The van der Waals surface area contributed by atoms with E-state index in [-0.39, 0.29) is 0 Å². The van der Waals surface area contributed by atoms with Crippen molar-refractivity contribution in [3.8, 4) is 0 Å². The molecule has 3 rings (SSSR count). The van der Waals surface area contributed by atoms with Crippen molar-refractivity contribution >= 4 is 5.91 Å². The molecule has 4 nitrogen and oxygen atoms in total. The number of carbonyl (C=O) groups excluding carboxylic acids is 1. The molecule has 1 aliphatic carbocycles. The van der Waals surface area contributed by atoms with Gasteiger partial charge in [0.25, 0.3) is 0 Å². The van der Waals surface area contributed by atoms with Crippen LogP contribution < -0.4 is 5.32 Å². The minimum atomic E-state index is 0.357. The summed E-state index contributed by atoms with van der Waals surface area (Å²) in [6.07, 6.45) is 9.79. The van der Waals surface area contributed by atoms with Gasteiger partial charge < -0.3 is 15.1 Å². The van der Waals surface area contributed by atoms with Crippen LogP contribution in [0.3, 0.4) is 0 Å². The van der Waals surface area contributed by atoms with Crippen LogP contribution in [-0.2, 0) is 4.79 Å². The Balaban J connectivity index is 1.35. The number of carbonyl (C=O) groups is 1. The van der Waals surface area contributed by atoms with Crippen molar-refractivity contribution in [1.29, 1.82) is 0 Å². The van der Waals surface area contributed by atoms with E-state index < -0.39 is 0 Å². The number of piperidine rings is 2. The van der Waals surface area contributed by atoms with Gasteiger partial charge in [-0.1, -0.05) is 6.42 Å². The molecule has 0 spiro atoms. The lowest BCUT2D eigenvalue weighted by atomic mass is 10.00. The lowest BCUT2D eigenvalue weighted by Gasteiger charge is -2.40. The van der Waals surface area contributed by atoms with E-state index in [4.69, 9.17) is 0 Å². The number of nitrogens with zero attached hydrogens (tertiary/aromatic N) is 2. The summed E-state index contributed by atoms with van der Waals surface area (Å²) < 4.78 is 0. The quantitative estimate of drug-likeness (QED) is 0.830. The van der Waals surface area contributed by atoms with Crippen LogP contribution >= 0.6 is 0 Å². The summed E-state index contributed by atoms with van der Waals surface area (Å²) in [5.41, 5.74) is 0. The second-order valence-corrected chi connectivity index (χ2v) is 6.69. The highest BCUT2D eigenvalue weighted by Gasteiger charge is 2.27. The highest BCUT2D eigenvalue weighted by molar-refractivity contribution is 5.76. The first-order valence-corrected chi connectivity index (χ1v) is 8.58. The van der Waals surface area contributed by atoms with E-state index in [0.717, 1.165) is 25.7 Å². The summed E-state index contributed by atoms with van der Waals surface area (Å²) in [5, 5.41) is 3.43. The molecular formula is C16H29N3O. The van der Waals surface area contributed by atoms with Crippen molar-refractivity contribution in [2.45, 2.75) is 63.5 Å². The molecule has 0 bridgehead atoms. The van der Waals surface area contributed by atoms with Crippen LogP contribution in [0.5, 0.6) is 0 Å². The van der Waals surface area contributed by atoms with Gasteiger partial charge in [0, 0.05) is 38.1 Å². The Morgan fingerprint density at radius 2 is 1.65 bits per heavy atom. The van der Waals surface area contributed by atoms with E-state index in [0.29, 0.717) is 18.4 Å². The SMILES string of the molecule is O=C(CCNC1CC1)N1CCC(N2CCCCC2)CC1. The predicted molar refractivity (Wildman–Crippen MR) is 80.7 cm³/mol. The summed E-state index contributed by atoms with van der Waals surface area (Å²) in [4.78, 5) is 16.9. The molecule has 0 aromatic carbocycles. The molecule has 3 aliphatic rings. The van der Waals surface area contributed by atoms with Gasteiger partial charge in [-0.3, -0.25) is 4.79 Å². The van der Waals surface area contributed by atoms with Crippen LogP contribution in [0, 0.1) is 0 Å². The first-order valence-electron chi connectivity index (χ1n) is 8.58. The van der Waals surface area contributed by atoms with Crippen molar-refractivity contribution < 1.29 is 4.79 Å². The summed E-state index contributed by atoms with van der Waals surface area (Å²) in [6, 6.07) is 1.46. The summed E-state index contributed by atoms with van der Waals surface area (Å²) in [6.45, 7) is 5.39. The van der Waals surface area contributed by atoms with Crippen LogP contribution in [0.1, 0.15) is 51.4 Å². The lowest BCUT2D eigenvalue weighted by Crippen LogP contribution is -2.48. The summed E-state index contributed by atoms with van der Waals surface area (Å²) in [7, 11) is 0. The first kappa shape index (κ1) is 14.3. The van der Waals surface area contributed by atoms with Crippen LogP contribution in [-0.4, -0.2) is 60.5 Å². The largest absolute Gasteiger partial charge is 0.343 e. The van der Waals surface area contributed by atoms with E-state index in [1.807, 2.05) is 0 Å². The monoisotopic (exact) mass is 279 g/mol. The number of likely N-dealkylation sites (tertiary alicyclic amines) is 2. The summed E-state index contributed by atoms with van der Waals surface area (Å²) in [5.74, 6) is 0.357. The number of rotatable bonds is 5. The second-order valence-electron chi connectivity index (χ2n) is 6.69. The molecule has 0 aromatic heterocycles. The highest BCUT2D eigenvalue weighted by Crippen LogP contribution is 2.21. The molecule has 1 N–H and O–H groups in total. The third kappa shape index (κ3) is 3.95. The minimum absolute atomic E-state index is 0.357. The fraction of sp³-hybridized carbons (Fsp3) is 0.938. The first-order chi connectivity index (χ1) is 9.83. The van der Waals surface area contributed by atoms with Gasteiger partial charge in [-0.15, -0.1) is 0 Å². The maximum atomic E-state index is 12.2. The fourth-order valence-electron chi connectivity index (χ4n) is 3.59.